The highest BCUT2D eigenvalue weighted by molar-refractivity contribution is 5.91. The molecule has 0 saturated carbocycles. The molecule has 0 aliphatic heterocycles. The molecule has 12 nitrogen and oxygen atoms in total. The van der Waals surface area contributed by atoms with E-state index in [1.807, 2.05) is 0 Å². The third-order valence-corrected chi connectivity index (χ3v) is 3.88. The second-order valence-corrected chi connectivity index (χ2v) is 6.60. The highest BCUT2D eigenvalue weighted by atomic mass is 16.4. The second-order valence-electron chi connectivity index (χ2n) is 6.60. The van der Waals surface area contributed by atoms with Gasteiger partial charge in [-0.1, -0.05) is 13.8 Å². The third kappa shape index (κ3) is 10.3. The molecule has 0 unspecified atom stereocenters. The van der Waals surface area contributed by atoms with E-state index in [-0.39, 0.29) is 31.7 Å². The minimum atomic E-state index is -1.43. The smallest absolute Gasteiger partial charge is 0.326 e. The SMILES string of the molecule is CC(C)[C@H](N)C(=O)N[C@@H](CCCNC(N)=O)C(=O)N[C@@H](CCC(=O)O)C(=O)O. The van der Waals surface area contributed by atoms with Gasteiger partial charge in [-0.2, -0.15) is 0 Å². The zero-order chi connectivity index (χ0) is 21.9. The minimum Gasteiger partial charge on any atom is -0.481 e. The number of urea groups is 1. The molecule has 0 aromatic rings. The number of carboxylic acid groups (broad SMARTS) is 2. The highest BCUT2D eigenvalue weighted by Crippen LogP contribution is 2.05. The topological polar surface area (TPSA) is 214 Å². The lowest BCUT2D eigenvalue weighted by atomic mass is 10.0. The van der Waals surface area contributed by atoms with Crippen LogP contribution in [0.3, 0.4) is 0 Å². The monoisotopic (exact) mass is 403 g/mol. The Morgan fingerprint density at radius 2 is 1.50 bits per heavy atom. The first-order chi connectivity index (χ1) is 13.0. The van der Waals surface area contributed by atoms with E-state index in [1.165, 1.54) is 0 Å². The highest BCUT2D eigenvalue weighted by Gasteiger charge is 2.28. The van der Waals surface area contributed by atoms with Crippen molar-refractivity contribution < 1.29 is 34.2 Å². The number of amides is 4. The van der Waals surface area contributed by atoms with Gasteiger partial charge in [-0.05, 0) is 25.2 Å². The lowest BCUT2D eigenvalue weighted by Crippen LogP contribution is -2.55. The van der Waals surface area contributed by atoms with Gasteiger partial charge < -0.3 is 37.6 Å². The van der Waals surface area contributed by atoms with Crippen molar-refractivity contribution in [2.75, 3.05) is 6.54 Å². The van der Waals surface area contributed by atoms with Gasteiger partial charge in [-0.25, -0.2) is 9.59 Å². The van der Waals surface area contributed by atoms with Crippen LogP contribution in [0.2, 0.25) is 0 Å². The summed E-state index contributed by atoms with van der Waals surface area (Å²) in [6.07, 6.45) is -0.417. The predicted octanol–water partition coefficient (Wildman–Crippen LogP) is -1.66. The zero-order valence-corrected chi connectivity index (χ0v) is 15.9. The molecule has 0 fully saturated rings. The van der Waals surface area contributed by atoms with Crippen LogP contribution in [-0.2, 0) is 19.2 Å². The summed E-state index contributed by atoms with van der Waals surface area (Å²) in [7, 11) is 0. The predicted molar refractivity (Wildman–Crippen MR) is 98.0 cm³/mol. The van der Waals surface area contributed by atoms with Crippen LogP contribution in [0.4, 0.5) is 4.79 Å². The van der Waals surface area contributed by atoms with Gasteiger partial charge in [0.2, 0.25) is 11.8 Å². The molecule has 3 atom stereocenters. The summed E-state index contributed by atoms with van der Waals surface area (Å²) < 4.78 is 0. The lowest BCUT2D eigenvalue weighted by Gasteiger charge is -2.23. The summed E-state index contributed by atoms with van der Waals surface area (Å²) in [5, 5.41) is 24.9. The molecule has 0 aliphatic carbocycles. The van der Waals surface area contributed by atoms with Crippen LogP contribution in [0.15, 0.2) is 0 Å². The fourth-order valence-electron chi connectivity index (χ4n) is 2.15. The minimum absolute atomic E-state index is 0.0773. The number of carbonyl (C=O) groups is 5. The molecular formula is C16H29N5O7. The molecule has 9 N–H and O–H groups in total. The first-order valence-electron chi connectivity index (χ1n) is 8.79. The summed E-state index contributed by atoms with van der Waals surface area (Å²) in [6.45, 7) is 3.59. The van der Waals surface area contributed by atoms with Gasteiger partial charge in [0.1, 0.15) is 12.1 Å². The number of nitrogens with two attached hydrogens (primary N) is 2. The molecule has 0 aromatic heterocycles. The molecule has 0 radical (unpaired) electrons. The van der Waals surface area contributed by atoms with Crippen molar-refractivity contribution in [3.63, 3.8) is 0 Å². The number of carboxylic acids is 2. The van der Waals surface area contributed by atoms with Crippen molar-refractivity contribution in [2.45, 2.75) is 57.7 Å². The maximum atomic E-state index is 12.5. The van der Waals surface area contributed by atoms with E-state index >= 15 is 0 Å². The molecule has 12 heteroatoms. The van der Waals surface area contributed by atoms with Crippen LogP contribution in [0, 0.1) is 5.92 Å². The number of primary amides is 1. The Balaban J connectivity index is 5.08. The van der Waals surface area contributed by atoms with Gasteiger partial charge in [0.15, 0.2) is 0 Å². The van der Waals surface area contributed by atoms with Gasteiger partial charge in [-0.3, -0.25) is 14.4 Å². The fourth-order valence-corrected chi connectivity index (χ4v) is 2.15. The molecule has 0 saturated heterocycles. The van der Waals surface area contributed by atoms with Crippen molar-refractivity contribution in [1.29, 1.82) is 0 Å². The van der Waals surface area contributed by atoms with Gasteiger partial charge in [0.05, 0.1) is 6.04 Å². The molecule has 0 bridgehead atoms. The molecule has 4 amide bonds. The summed E-state index contributed by atoms with van der Waals surface area (Å²) in [5.41, 5.74) is 10.7. The summed E-state index contributed by atoms with van der Waals surface area (Å²) in [6, 6.07) is -4.16. The quantitative estimate of drug-likeness (QED) is 0.176. The van der Waals surface area contributed by atoms with E-state index in [9.17, 15) is 24.0 Å². The number of aliphatic carboxylic acids is 2. The number of carbonyl (C=O) groups excluding carboxylic acids is 3. The Kier molecular flexibility index (Phi) is 11.2. The number of rotatable bonds is 13. The van der Waals surface area contributed by atoms with Crippen LogP contribution >= 0.6 is 0 Å². The Hall–Kier alpha value is -2.89. The standard InChI is InChI=1S/C16H29N5O7/c1-8(2)12(17)14(25)20-9(4-3-7-19-16(18)28)13(24)21-10(15(26)27)5-6-11(22)23/h8-10,12H,3-7,17H2,1-2H3,(H,20,25)(H,21,24)(H,22,23)(H,26,27)(H3,18,19,28)/t9-,10-,12-/m0/s1. The molecule has 0 aliphatic rings. The summed E-state index contributed by atoms with van der Waals surface area (Å²) >= 11 is 0. The number of hydrogen-bond acceptors (Lipinski definition) is 6. The fraction of sp³-hybridized carbons (Fsp3) is 0.688. The first kappa shape index (κ1) is 25.1. The average molecular weight is 403 g/mol. The Bertz CT molecular complexity index is 582. The molecule has 0 spiro atoms. The van der Waals surface area contributed by atoms with Crippen molar-refractivity contribution >= 4 is 29.8 Å². The van der Waals surface area contributed by atoms with Crippen LogP contribution < -0.4 is 27.4 Å². The maximum absolute atomic E-state index is 12.5. The van der Waals surface area contributed by atoms with E-state index in [0.29, 0.717) is 0 Å². The maximum Gasteiger partial charge on any atom is 0.326 e. The zero-order valence-electron chi connectivity index (χ0n) is 15.9. The molecular weight excluding hydrogens is 374 g/mol. The normalized spacial score (nSPS) is 13.9. The number of nitrogens with one attached hydrogen (secondary N) is 3. The van der Waals surface area contributed by atoms with E-state index in [2.05, 4.69) is 16.0 Å². The summed E-state index contributed by atoms with van der Waals surface area (Å²) in [5.74, 6) is -4.17. The van der Waals surface area contributed by atoms with Gasteiger partial charge >= 0.3 is 18.0 Å². The largest absolute Gasteiger partial charge is 0.481 e. The van der Waals surface area contributed by atoms with Gasteiger partial charge in [-0.15, -0.1) is 0 Å². The Labute approximate surface area is 162 Å². The Morgan fingerprint density at radius 1 is 0.929 bits per heavy atom. The first-order valence-corrected chi connectivity index (χ1v) is 8.79. The molecule has 0 heterocycles. The third-order valence-electron chi connectivity index (χ3n) is 3.88. The van der Waals surface area contributed by atoms with Crippen LogP contribution in [0.1, 0.15) is 39.5 Å². The molecule has 160 valence electrons. The van der Waals surface area contributed by atoms with Crippen molar-refractivity contribution in [2.24, 2.45) is 17.4 Å². The number of hydrogen-bond donors (Lipinski definition) is 7. The summed E-state index contributed by atoms with van der Waals surface area (Å²) in [4.78, 5) is 57.2. The van der Waals surface area contributed by atoms with Crippen molar-refractivity contribution in [3.05, 3.63) is 0 Å². The molecule has 0 aromatic carbocycles. The van der Waals surface area contributed by atoms with Crippen LogP contribution in [0.5, 0.6) is 0 Å². The van der Waals surface area contributed by atoms with Crippen LogP contribution in [0.25, 0.3) is 0 Å². The second kappa shape index (κ2) is 12.5. The molecule has 28 heavy (non-hydrogen) atoms. The van der Waals surface area contributed by atoms with E-state index in [4.69, 9.17) is 21.7 Å². The molecule has 0 rings (SSSR count). The lowest BCUT2D eigenvalue weighted by molar-refractivity contribution is -0.143. The van der Waals surface area contributed by atoms with Crippen LogP contribution in [-0.4, -0.2) is 64.7 Å². The Morgan fingerprint density at radius 3 is 1.96 bits per heavy atom. The van der Waals surface area contributed by atoms with E-state index in [0.717, 1.165) is 0 Å². The average Bonchev–Trinajstić information content (AvgIpc) is 2.59. The van der Waals surface area contributed by atoms with Crippen molar-refractivity contribution in [1.82, 2.24) is 16.0 Å². The van der Waals surface area contributed by atoms with Crippen molar-refractivity contribution in [3.8, 4) is 0 Å². The van der Waals surface area contributed by atoms with Gasteiger partial charge in [0.25, 0.3) is 0 Å². The van der Waals surface area contributed by atoms with E-state index < -0.39 is 54.3 Å². The van der Waals surface area contributed by atoms with E-state index in [1.54, 1.807) is 13.8 Å². The van der Waals surface area contributed by atoms with Gasteiger partial charge in [0, 0.05) is 13.0 Å².